The molecule has 0 saturated carbocycles. The lowest BCUT2D eigenvalue weighted by Gasteiger charge is -2.07. The van der Waals surface area contributed by atoms with Crippen LogP contribution in [0.4, 0.5) is 13.2 Å². The Kier molecular flexibility index (Phi) is 4.67. The lowest BCUT2D eigenvalue weighted by molar-refractivity contribution is -0.0329. The number of alkyl halides is 3. The van der Waals surface area contributed by atoms with Crippen molar-refractivity contribution in [2.75, 3.05) is 12.4 Å². The van der Waals surface area contributed by atoms with Crippen LogP contribution in [0.5, 0.6) is 5.75 Å². The minimum Gasteiger partial charge on any atom is -0.493 e. The van der Waals surface area contributed by atoms with Crippen LogP contribution in [0.25, 0.3) is 0 Å². The van der Waals surface area contributed by atoms with Crippen LogP contribution in [-0.4, -0.2) is 24.2 Å². The van der Waals surface area contributed by atoms with Crippen molar-refractivity contribution >= 4 is 18.0 Å². The molecule has 0 bridgehead atoms. The number of ether oxygens (including phenoxy) is 1. The summed E-state index contributed by atoms with van der Waals surface area (Å²) in [5, 5.41) is 0. The maximum atomic E-state index is 11.7. The summed E-state index contributed by atoms with van der Waals surface area (Å²) in [5.41, 5.74) is -3.72. The quantitative estimate of drug-likeness (QED) is 0.593. The lowest BCUT2D eigenvalue weighted by Crippen LogP contribution is -2.07. The molecule has 0 unspecified atom stereocenters. The number of hydrogen-bond acceptors (Lipinski definition) is 3. The second kappa shape index (κ2) is 5.79. The molecule has 0 heterocycles. The first-order valence-corrected chi connectivity index (χ1v) is 5.38. The summed E-state index contributed by atoms with van der Waals surface area (Å²) < 4.78 is 40.3. The summed E-state index contributed by atoms with van der Waals surface area (Å²) in [4.78, 5) is 10.3. The van der Waals surface area contributed by atoms with Crippen LogP contribution in [0.3, 0.4) is 0 Å². The second-order valence-electron chi connectivity index (χ2n) is 2.83. The number of rotatable bonds is 5. The number of benzene rings is 1. The molecule has 1 rings (SSSR count). The highest BCUT2D eigenvalue weighted by molar-refractivity contribution is 8.00. The van der Waals surface area contributed by atoms with Gasteiger partial charge >= 0.3 is 5.51 Å². The van der Waals surface area contributed by atoms with Crippen LogP contribution >= 0.6 is 11.8 Å². The molecule has 0 saturated heterocycles. The van der Waals surface area contributed by atoms with Gasteiger partial charge in [-0.1, -0.05) is 0 Å². The molecule has 16 heavy (non-hydrogen) atoms. The van der Waals surface area contributed by atoms with Crippen molar-refractivity contribution in [2.24, 2.45) is 0 Å². The molecule has 0 N–H and O–H groups in total. The number of carbonyl (C=O) groups excluding carboxylic acids is 1. The van der Waals surface area contributed by atoms with Crippen molar-refractivity contribution in [1.82, 2.24) is 0 Å². The minimum atomic E-state index is -4.22. The molecule has 0 aliphatic carbocycles. The van der Waals surface area contributed by atoms with Crippen molar-refractivity contribution in [3.8, 4) is 5.75 Å². The highest BCUT2D eigenvalue weighted by Crippen LogP contribution is 2.29. The second-order valence-corrected chi connectivity index (χ2v) is 3.99. The molecule has 0 fully saturated rings. The predicted molar refractivity (Wildman–Crippen MR) is 55.8 cm³/mol. The largest absolute Gasteiger partial charge is 0.493 e. The number of aldehydes is 1. The van der Waals surface area contributed by atoms with E-state index >= 15 is 0 Å². The third-order valence-corrected chi connectivity index (χ3v) is 2.33. The minimum absolute atomic E-state index is 0.0232. The van der Waals surface area contributed by atoms with Gasteiger partial charge in [0, 0.05) is 11.3 Å². The molecule has 1 aromatic carbocycles. The van der Waals surface area contributed by atoms with E-state index in [1.54, 1.807) is 24.3 Å². The summed E-state index contributed by atoms with van der Waals surface area (Å²) in [5.74, 6) is 0.298. The number of halogens is 3. The predicted octanol–water partition coefficient (Wildman–Crippen LogP) is 3.13. The SMILES string of the molecule is O=Cc1ccc(OCCSC(F)(F)F)cc1. The third kappa shape index (κ3) is 5.06. The molecule has 0 spiro atoms. The molecule has 0 amide bonds. The van der Waals surface area contributed by atoms with Crippen molar-refractivity contribution in [1.29, 1.82) is 0 Å². The average molecular weight is 250 g/mol. The molecular formula is C10H9F3O2S. The van der Waals surface area contributed by atoms with Crippen molar-refractivity contribution < 1.29 is 22.7 Å². The van der Waals surface area contributed by atoms with Crippen LogP contribution < -0.4 is 4.74 Å². The van der Waals surface area contributed by atoms with E-state index in [1.807, 2.05) is 0 Å². The zero-order valence-electron chi connectivity index (χ0n) is 8.16. The highest BCUT2D eigenvalue weighted by atomic mass is 32.2. The molecule has 1 aromatic rings. The molecular weight excluding hydrogens is 241 g/mol. The average Bonchev–Trinajstić information content (AvgIpc) is 2.24. The summed E-state index contributed by atoms with van der Waals surface area (Å²) in [6.45, 7) is -0.0232. The van der Waals surface area contributed by atoms with Gasteiger partial charge in [-0.3, -0.25) is 4.79 Å². The van der Waals surface area contributed by atoms with E-state index < -0.39 is 5.51 Å². The Balaban J connectivity index is 2.29. The Hall–Kier alpha value is -1.17. The normalized spacial score (nSPS) is 11.2. The zero-order chi connectivity index (χ0) is 12.0. The zero-order valence-corrected chi connectivity index (χ0v) is 8.98. The van der Waals surface area contributed by atoms with Crippen molar-refractivity contribution in [2.45, 2.75) is 5.51 Å². The molecule has 0 aliphatic rings. The smallest absolute Gasteiger partial charge is 0.441 e. The molecule has 0 radical (unpaired) electrons. The van der Waals surface area contributed by atoms with Gasteiger partial charge < -0.3 is 4.74 Å². The molecule has 2 nitrogen and oxygen atoms in total. The number of thioether (sulfide) groups is 1. The molecule has 0 aliphatic heterocycles. The van der Waals surface area contributed by atoms with E-state index in [0.717, 1.165) is 0 Å². The fourth-order valence-corrected chi connectivity index (χ4v) is 1.36. The maximum Gasteiger partial charge on any atom is 0.441 e. The fourth-order valence-electron chi connectivity index (χ4n) is 0.960. The van der Waals surface area contributed by atoms with E-state index in [1.165, 1.54) is 0 Å². The monoisotopic (exact) mass is 250 g/mol. The van der Waals surface area contributed by atoms with Gasteiger partial charge in [0.15, 0.2) is 0 Å². The van der Waals surface area contributed by atoms with Crippen LogP contribution in [0.1, 0.15) is 10.4 Å². The number of carbonyl (C=O) groups is 1. The third-order valence-electron chi connectivity index (χ3n) is 1.63. The van der Waals surface area contributed by atoms with Gasteiger partial charge in [-0.05, 0) is 36.0 Å². The Morgan fingerprint density at radius 2 is 1.88 bits per heavy atom. The Labute approximate surface area is 94.8 Å². The lowest BCUT2D eigenvalue weighted by atomic mass is 10.2. The van der Waals surface area contributed by atoms with Gasteiger partial charge in [0.1, 0.15) is 12.0 Å². The molecule has 6 heteroatoms. The van der Waals surface area contributed by atoms with Gasteiger partial charge in [0.25, 0.3) is 0 Å². The highest BCUT2D eigenvalue weighted by Gasteiger charge is 2.27. The van der Waals surface area contributed by atoms with Gasteiger partial charge in [0.2, 0.25) is 0 Å². The first-order valence-electron chi connectivity index (χ1n) is 4.40. The van der Waals surface area contributed by atoms with E-state index in [4.69, 9.17) is 4.74 Å². The molecule has 0 atom stereocenters. The summed E-state index contributed by atoms with van der Waals surface area (Å²) in [6, 6.07) is 6.17. The van der Waals surface area contributed by atoms with Crippen LogP contribution in [0.15, 0.2) is 24.3 Å². The van der Waals surface area contributed by atoms with Crippen LogP contribution in [0.2, 0.25) is 0 Å². The summed E-state index contributed by atoms with van der Waals surface area (Å²) in [6.07, 6.45) is 0.684. The maximum absolute atomic E-state index is 11.7. The summed E-state index contributed by atoms with van der Waals surface area (Å²) >= 11 is -0.121. The Morgan fingerprint density at radius 1 is 1.25 bits per heavy atom. The fraction of sp³-hybridized carbons (Fsp3) is 0.300. The van der Waals surface area contributed by atoms with Crippen molar-refractivity contribution in [3.63, 3.8) is 0 Å². The van der Waals surface area contributed by atoms with Gasteiger partial charge in [-0.2, -0.15) is 13.2 Å². The standard InChI is InChI=1S/C10H9F3O2S/c11-10(12,13)16-6-5-15-9-3-1-8(7-14)2-4-9/h1-4,7H,5-6H2. The van der Waals surface area contributed by atoms with Gasteiger partial charge in [0.05, 0.1) is 6.61 Å². The first kappa shape index (κ1) is 12.9. The van der Waals surface area contributed by atoms with E-state index in [2.05, 4.69) is 0 Å². The Morgan fingerprint density at radius 3 is 2.38 bits per heavy atom. The number of hydrogen-bond donors (Lipinski definition) is 0. The topological polar surface area (TPSA) is 26.3 Å². The van der Waals surface area contributed by atoms with E-state index in [-0.39, 0.29) is 24.1 Å². The molecule has 88 valence electrons. The van der Waals surface area contributed by atoms with Crippen LogP contribution in [-0.2, 0) is 0 Å². The van der Waals surface area contributed by atoms with E-state index in [9.17, 15) is 18.0 Å². The van der Waals surface area contributed by atoms with Crippen LogP contribution in [0, 0.1) is 0 Å². The molecule has 0 aromatic heterocycles. The first-order chi connectivity index (χ1) is 7.51. The van der Waals surface area contributed by atoms with E-state index in [0.29, 0.717) is 17.6 Å². The Bertz CT molecular complexity index is 335. The van der Waals surface area contributed by atoms with Gasteiger partial charge in [-0.25, -0.2) is 0 Å². The van der Waals surface area contributed by atoms with Gasteiger partial charge in [-0.15, -0.1) is 0 Å². The summed E-state index contributed by atoms with van der Waals surface area (Å²) in [7, 11) is 0. The van der Waals surface area contributed by atoms with Crippen molar-refractivity contribution in [3.05, 3.63) is 29.8 Å².